The first kappa shape index (κ1) is 12.7. The van der Waals surface area contributed by atoms with Crippen LogP contribution in [0.2, 0.25) is 19.6 Å². The third-order valence-corrected chi connectivity index (χ3v) is 3.11. The van der Waals surface area contributed by atoms with Crippen LogP contribution in [0.4, 0.5) is 0 Å². The molecule has 1 rings (SSSR count). The molecule has 4 heteroatoms. The highest BCUT2D eigenvalue weighted by atomic mass is 28.4. The van der Waals surface area contributed by atoms with E-state index in [1.54, 1.807) is 0 Å². The highest BCUT2D eigenvalue weighted by molar-refractivity contribution is 6.70. The van der Waals surface area contributed by atoms with Gasteiger partial charge in [0, 0.05) is 6.42 Å². The van der Waals surface area contributed by atoms with Gasteiger partial charge >= 0.3 is 0 Å². The smallest absolute Gasteiger partial charge is 0.242 e. The molecular weight excluding hydrogens is 208 g/mol. The average Bonchev–Trinajstić information content (AvgIpc) is 2.62. The van der Waals surface area contributed by atoms with E-state index in [-0.39, 0.29) is 0 Å². The standard InChI is InChI=1S/C11H22O3Si/c1-6-10(14-15(3,4)5)11(7-2)12-8-9-13-11/h6H,7-9H2,1-5H3/b10-6+. The van der Waals surface area contributed by atoms with Gasteiger partial charge in [-0.1, -0.05) is 6.92 Å². The second-order valence-electron chi connectivity index (χ2n) is 4.67. The predicted molar refractivity (Wildman–Crippen MR) is 63.1 cm³/mol. The number of ether oxygens (including phenoxy) is 2. The van der Waals surface area contributed by atoms with Crippen LogP contribution in [0.1, 0.15) is 20.3 Å². The first-order valence-electron chi connectivity index (χ1n) is 5.57. The predicted octanol–water partition coefficient (Wildman–Crippen LogP) is 2.89. The maximum atomic E-state index is 6.02. The van der Waals surface area contributed by atoms with E-state index in [0.29, 0.717) is 13.2 Å². The molecule has 0 N–H and O–H groups in total. The normalized spacial score (nSPS) is 21.8. The SMILES string of the molecule is C/C=C(/O[Si](C)(C)C)C1(CC)OCCO1. The van der Waals surface area contributed by atoms with Crippen molar-refractivity contribution in [2.45, 2.75) is 45.7 Å². The van der Waals surface area contributed by atoms with Crippen LogP contribution in [0.3, 0.4) is 0 Å². The minimum Gasteiger partial charge on any atom is -0.544 e. The Labute approximate surface area is 93.5 Å². The topological polar surface area (TPSA) is 27.7 Å². The Bertz CT molecular complexity index is 237. The van der Waals surface area contributed by atoms with E-state index >= 15 is 0 Å². The first-order valence-corrected chi connectivity index (χ1v) is 8.98. The van der Waals surface area contributed by atoms with Gasteiger partial charge in [0.2, 0.25) is 14.1 Å². The van der Waals surface area contributed by atoms with E-state index in [1.165, 1.54) is 0 Å². The van der Waals surface area contributed by atoms with E-state index in [1.807, 2.05) is 13.0 Å². The molecule has 3 nitrogen and oxygen atoms in total. The summed E-state index contributed by atoms with van der Waals surface area (Å²) in [6.45, 7) is 11.8. The molecule has 1 fully saturated rings. The molecule has 1 heterocycles. The lowest BCUT2D eigenvalue weighted by molar-refractivity contribution is -0.148. The molecule has 0 bridgehead atoms. The van der Waals surface area contributed by atoms with Gasteiger partial charge in [-0.25, -0.2) is 0 Å². The van der Waals surface area contributed by atoms with Crippen molar-refractivity contribution >= 4 is 8.32 Å². The lowest BCUT2D eigenvalue weighted by Gasteiger charge is -2.33. The lowest BCUT2D eigenvalue weighted by Crippen LogP contribution is -2.38. The zero-order valence-electron chi connectivity index (χ0n) is 10.4. The van der Waals surface area contributed by atoms with E-state index in [0.717, 1.165) is 12.2 Å². The highest BCUT2D eigenvalue weighted by Gasteiger charge is 2.41. The summed E-state index contributed by atoms with van der Waals surface area (Å²) in [6.07, 6.45) is 2.75. The zero-order valence-corrected chi connectivity index (χ0v) is 11.4. The Balaban J connectivity index is 2.81. The molecule has 0 aliphatic carbocycles. The lowest BCUT2D eigenvalue weighted by atomic mass is 10.1. The summed E-state index contributed by atoms with van der Waals surface area (Å²) in [6, 6.07) is 0. The van der Waals surface area contributed by atoms with Crippen LogP contribution in [0.5, 0.6) is 0 Å². The van der Waals surface area contributed by atoms with E-state index < -0.39 is 14.1 Å². The molecule has 1 aliphatic heterocycles. The Hall–Kier alpha value is -0.323. The van der Waals surface area contributed by atoms with Gasteiger partial charge in [-0.05, 0) is 32.6 Å². The molecule has 15 heavy (non-hydrogen) atoms. The van der Waals surface area contributed by atoms with Gasteiger partial charge in [0.15, 0.2) is 0 Å². The summed E-state index contributed by atoms with van der Waals surface area (Å²) in [5.41, 5.74) is 0. The van der Waals surface area contributed by atoms with Crippen molar-refractivity contribution in [2.75, 3.05) is 13.2 Å². The van der Waals surface area contributed by atoms with Crippen LogP contribution < -0.4 is 0 Å². The Morgan fingerprint density at radius 1 is 1.33 bits per heavy atom. The largest absolute Gasteiger partial charge is 0.544 e. The number of rotatable bonds is 4. The molecule has 0 radical (unpaired) electrons. The fraction of sp³-hybridized carbons (Fsp3) is 0.818. The van der Waals surface area contributed by atoms with Crippen LogP contribution in [-0.4, -0.2) is 27.3 Å². The van der Waals surface area contributed by atoms with Gasteiger partial charge < -0.3 is 13.9 Å². The van der Waals surface area contributed by atoms with E-state index in [9.17, 15) is 0 Å². The van der Waals surface area contributed by atoms with E-state index in [4.69, 9.17) is 13.9 Å². The zero-order chi connectivity index (χ0) is 11.5. The Morgan fingerprint density at radius 2 is 1.87 bits per heavy atom. The summed E-state index contributed by atoms with van der Waals surface area (Å²) in [4.78, 5) is 0. The molecule has 1 aliphatic rings. The number of allylic oxidation sites excluding steroid dienone is 1. The van der Waals surface area contributed by atoms with Crippen LogP contribution in [0.25, 0.3) is 0 Å². The maximum absolute atomic E-state index is 6.02. The number of hydrogen-bond donors (Lipinski definition) is 0. The summed E-state index contributed by atoms with van der Waals surface area (Å²) in [5.74, 6) is 0.233. The molecule has 0 spiro atoms. The molecule has 0 amide bonds. The molecule has 0 saturated carbocycles. The molecule has 0 aromatic carbocycles. The van der Waals surface area contributed by atoms with Crippen molar-refractivity contribution < 1.29 is 13.9 Å². The summed E-state index contributed by atoms with van der Waals surface area (Å²) in [5, 5.41) is 0. The van der Waals surface area contributed by atoms with Crippen molar-refractivity contribution in [1.82, 2.24) is 0 Å². The maximum Gasteiger partial charge on any atom is 0.242 e. The van der Waals surface area contributed by atoms with Gasteiger partial charge in [0.05, 0.1) is 13.2 Å². The minimum absolute atomic E-state index is 0.616. The van der Waals surface area contributed by atoms with E-state index in [2.05, 4.69) is 26.6 Å². The second kappa shape index (κ2) is 4.68. The monoisotopic (exact) mass is 230 g/mol. The van der Waals surface area contributed by atoms with Gasteiger partial charge in [-0.15, -0.1) is 0 Å². The molecule has 1 saturated heterocycles. The third-order valence-electron chi connectivity index (χ3n) is 2.27. The molecule has 0 aromatic heterocycles. The molecule has 0 aromatic rings. The summed E-state index contributed by atoms with van der Waals surface area (Å²) in [7, 11) is -1.60. The first-order chi connectivity index (χ1) is 6.93. The van der Waals surface area contributed by atoms with Crippen LogP contribution in [0, 0.1) is 0 Å². The summed E-state index contributed by atoms with van der Waals surface area (Å²) >= 11 is 0. The quantitative estimate of drug-likeness (QED) is 0.549. The number of hydrogen-bond acceptors (Lipinski definition) is 3. The van der Waals surface area contributed by atoms with Crippen molar-refractivity contribution in [3.8, 4) is 0 Å². The van der Waals surface area contributed by atoms with Gasteiger partial charge in [-0.2, -0.15) is 0 Å². The summed E-state index contributed by atoms with van der Waals surface area (Å²) < 4.78 is 17.4. The molecular formula is C11H22O3Si. The molecule has 0 unspecified atom stereocenters. The van der Waals surface area contributed by atoms with Gasteiger partial charge in [0.25, 0.3) is 0 Å². The van der Waals surface area contributed by atoms with Crippen molar-refractivity contribution in [1.29, 1.82) is 0 Å². The fourth-order valence-electron chi connectivity index (χ4n) is 1.66. The minimum atomic E-state index is -1.60. The highest BCUT2D eigenvalue weighted by Crippen LogP contribution is 2.33. The van der Waals surface area contributed by atoms with Crippen LogP contribution in [0.15, 0.2) is 11.8 Å². The van der Waals surface area contributed by atoms with Crippen molar-refractivity contribution in [3.05, 3.63) is 11.8 Å². The van der Waals surface area contributed by atoms with Crippen LogP contribution >= 0.6 is 0 Å². The van der Waals surface area contributed by atoms with Crippen molar-refractivity contribution in [3.63, 3.8) is 0 Å². The third kappa shape index (κ3) is 3.06. The van der Waals surface area contributed by atoms with Crippen molar-refractivity contribution in [2.24, 2.45) is 0 Å². The molecule has 0 atom stereocenters. The second-order valence-corrected chi connectivity index (χ2v) is 9.10. The molecule has 88 valence electrons. The van der Waals surface area contributed by atoms with Crippen LogP contribution in [-0.2, 0) is 13.9 Å². The Kier molecular flexibility index (Phi) is 3.97. The Morgan fingerprint density at radius 3 is 2.20 bits per heavy atom. The fourth-order valence-corrected chi connectivity index (χ4v) is 2.59. The average molecular weight is 230 g/mol. The van der Waals surface area contributed by atoms with Gasteiger partial charge in [0.1, 0.15) is 5.76 Å². The van der Waals surface area contributed by atoms with Gasteiger partial charge in [-0.3, -0.25) is 0 Å².